The number of amides is 5. The highest BCUT2D eigenvalue weighted by Gasteiger charge is 2.42. The Hall–Kier alpha value is -5.12. The van der Waals surface area contributed by atoms with Crippen molar-refractivity contribution in [2.75, 3.05) is 64.7 Å². The van der Waals surface area contributed by atoms with Crippen LogP contribution in [0.3, 0.4) is 0 Å². The summed E-state index contributed by atoms with van der Waals surface area (Å²) in [5.41, 5.74) is 6.67. The van der Waals surface area contributed by atoms with Crippen LogP contribution in [0.4, 0.5) is 4.79 Å². The number of nitrogens with one attached hydrogen (secondary N) is 3. The maximum atomic E-state index is 13.1. The maximum absolute atomic E-state index is 13.1. The minimum absolute atomic E-state index is 0.0132. The number of thioether (sulfide) groups is 1. The molecule has 3 aromatic rings. The first-order chi connectivity index (χ1) is 28.3. The van der Waals surface area contributed by atoms with Gasteiger partial charge in [0, 0.05) is 94.0 Å². The van der Waals surface area contributed by atoms with Crippen LogP contribution in [0.1, 0.15) is 60.5 Å². The molecule has 3 atom stereocenters. The fraction of sp³-hybridized carbons (Fsp3) is 0.465. The van der Waals surface area contributed by atoms with Gasteiger partial charge in [0.2, 0.25) is 17.7 Å². The van der Waals surface area contributed by atoms with E-state index in [9.17, 15) is 19.2 Å². The van der Waals surface area contributed by atoms with E-state index in [1.807, 2.05) is 59.1 Å². The monoisotopic (exact) mass is 810 g/mol. The lowest BCUT2D eigenvalue weighted by Crippen LogP contribution is -2.48. The fourth-order valence-electron chi connectivity index (χ4n) is 7.97. The third-order valence-corrected chi connectivity index (χ3v) is 12.8. The Morgan fingerprint density at radius 2 is 1.57 bits per heavy atom. The van der Waals surface area contributed by atoms with E-state index in [1.165, 1.54) is 0 Å². The standard InChI is InChI=1S/C43H54N8O6S/c44-41(54)34-16-17-35(46-42(34)57-33-14-12-32(13-15-33)56-31-7-2-1-3-8-31)30-18-22-51(23-19-30)39(53)11-6-21-49-25-27-50(28-26-49)24-20-45-38(52)10-5-4-9-37-40-36(29-58-37)47-43(55)48-40/h1-3,6-8,11-17,30,36-37,40H,4-5,9-10,18-29H2,(H2,44,54)(H,45,52)(H2,47,48,55). The summed E-state index contributed by atoms with van der Waals surface area (Å²) < 4.78 is 11.9. The molecule has 4 fully saturated rings. The number of para-hydroxylation sites is 1. The van der Waals surface area contributed by atoms with E-state index in [4.69, 9.17) is 20.2 Å². The van der Waals surface area contributed by atoms with Crippen LogP contribution >= 0.6 is 11.8 Å². The molecular formula is C43H54N8O6S. The minimum Gasteiger partial charge on any atom is -0.457 e. The number of likely N-dealkylation sites (tertiary alicyclic amines) is 1. The van der Waals surface area contributed by atoms with Gasteiger partial charge in [-0.3, -0.25) is 24.2 Å². The second-order valence-electron chi connectivity index (χ2n) is 15.3. The molecule has 5 amide bonds. The molecule has 5 N–H and O–H groups in total. The molecule has 0 bridgehead atoms. The predicted octanol–water partition coefficient (Wildman–Crippen LogP) is 4.49. The van der Waals surface area contributed by atoms with Gasteiger partial charge in [0.05, 0.1) is 12.1 Å². The van der Waals surface area contributed by atoms with Gasteiger partial charge in [-0.1, -0.05) is 30.7 Å². The zero-order valence-electron chi connectivity index (χ0n) is 32.9. The average molecular weight is 811 g/mol. The molecule has 1 aromatic heterocycles. The molecule has 7 rings (SSSR count). The van der Waals surface area contributed by atoms with Gasteiger partial charge in [-0.15, -0.1) is 0 Å². The Balaban J connectivity index is 0.768. The van der Waals surface area contributed by atoms with E-state index in [-0.39, 0.29) is 47.3 Å². The summed E-state index contributed by atoms with van der Waals surface area (Å²) in [6.07, 6.45) is 8.55. The topological polar surface area (TPSA) is 171 Å². The number of nitrogens with two attached hydrogens (primary N) is 1. The van der Waals surface area contributed by atoms with Crippen molar-refractivity contribution in [3.05, 3.63) is 90.1 Å². The van der Waals surface area contributed by atoms with E-state index in [0.29, 0.717) is 42.8 Å². The summed E-state index contributed by atoms with van der Waals surface area (Å²) in [7, 11) is 0. The first-order valence-electron chi connectivity index (χ1n) is 20.4. The number of hydrogen-bond acceptors (Lipinski definition) is 10. The maximum Gasteiger partial charge on any atom is 0.315 e. The normalized spacial score (nSPS) is 21.3. The Labute approximate surface area is 344 Å². The molecule has 14 nitrogen and oxygen atoms in total. The Morgan fingerprint density at radius 3 is 2.31 bits per heavy atom. The Morgan fingerprint density at radius 1 is 0.862 bits per heavy atom. The largest absolute Gasteiger partial charge is 0.457 e. The van der Waals surface area contributed by atoms with Crippen LogP contribution in [0.25, 0.3) is 0 Å². The van der Waals surface area contributed by atoms with E-state index >= 15 is 0 Å². The average Bonchev–Trinajstić information content (AvgIpc) is 3.80. The van der Waals surface area contributed by atoms with E-state index in [0.717, 1.165) is 88.6 Å². The molecule has 15 heteroatoms. The summed E-state index contributed by atoms with van der Waals surface area (Å²) in [5.74, 6) is 2.60. The zero-order valence-corrected chi connectivity index (χ0v) is 33.7. The van der Waals surface area contributed by atoms with Crippen molar-refractivity contribution in [3.8, 4) is 23.1 Å². The number of primary amides is 1. The number of carbonyl (C=O) groups is 4. The lowest BCUT2D eigenvalue weighted by atomic mass is 9.92. The quantitative estimate of drug-likeness (QED) is 0.0866. The number of piperidine rings is 1. The SMILES string of the molecule is NC(=O)c1ccc(C2CCN(C(=O)C=CCN3CCN(CCNC(=O)CCCCC4SCC5NC(=O)NC54)CC3)CC2)nc1Oc1ccc(Oc2ccccc2)cc1. The number of benzene rings is 2. The summed E-state index contributed by atoms with van der Waals surface area (Å²) in [6, 6.07) is 20.5. The third kappa shape index (κ3) is 11.3. The molecule has 0 aliphatic carbocycles. The first-order valence-corrected chi connectivity index (χ1v) is 21.5. The molecule has 0 spiro atoms. The number of aromatic nitrogens is 1. The highest BCUT2D eigenvalue weighted by molar-refractivity contribution is 8.00. The van der Waals surface area contributed by atoms with E-state index < -0.39 is 5.91 Å². The Bertz CT molecular complexity index is 1900. The molecular weight excluding hydrogens is 757 g/mol. The number of fused-ring (bicyclic) bond motifs is 1. The van der Waals surface area contributed by atoms with Gasteiger partial charge in [-0.2, -0.15) is 11.8 Å². The van der Waals surface area contributed by atoms with Crippen molar-refractivity contribution in [2.24, 2.45) is 5.73 Å². The molecule has 0 saturated carbocycles. The first kappa shape index (κ1) is 41.1. The zero-order chi connectivity index (χ0) is 40.3. The number of hydrogen-bond donors (Lipinski definition) is 4. The fourth-order valence-corrected chi connectivity index (χ4v) is 9.52. The van der Waals surface area contributed by atoms with E-state index in [2.05, 4.69) is 25.8 Å². The number of urea groups is 1. The summed E-state index contributed by atoms with van der Waals surface area (Å²) >= 11 is 1.91. The second kappa shape index (κ2) is 20.0. The van der Waals surface area contributed by atoms with Crippen LogP contribution in [0.2, 0.25) is 0 Å². The van der Waals surface area contributed by atoms with E-state index in [1.54, 1.807) is 36.4 Å². The van der Waals surface area contributed by atoms with Crippen LogP contribution in [0.15, 0.2) is 78.9 Å². The van der Waals surface area contributed by atoms with Crippen LogP contribution in [-0.4, -0.2) is 125 Å². The van der Waals surface area contributed by atoms with Crippen LogP contribution < -0.4 is 31.2 Å². The predicted molar refractivity (Wildman–Crippen MR) is 223 cm³/mol. The number of rotatable bonds is 17. The molecule has 308 valence electrons. The summed E-state index contributed by atoms with van der Waals surface area (Å²) in [4.78, 5) is 60.6. The number of ether oxygens (including phenoxy) is 2. The van der Waals surface area contributed by atoms with Crippen molar-refractivity contribution < 1.29 is 28.7 Å². The molecule has 58 heavy (non-hydrogen) atoms. The van der Waals surface area contributed by atoms with Gasteiger partial charge in [-0.05, 0) is 74.2 Å². The summed E-state index contributed by atoms with van der Waals surface area (Å²) in [6.45, 7) is 7.10. The smallest absolute Gasteiger partial charge is 0.315 e. The minimum atomic E-state index is -0.621. The molecule has 2 aromatic carbocycles. The van der Waals surface area contributed by atoms with Gasteiger partial charge < -0.3 is 36.1 Å². The van der Waals surface area contributed by atoms with Crippen LogP contribution in [0, 0.1) is 0 Å². The van der Waals surface area contributed by atoms with Crippen molar-refractivity contribution in [1.82, 2.24) is 35.6 Å². The van der Waals surface area contributed by atoms with Crippen molar-refractivity contribution in [2.45, 2.75) is 61.8 Å². The van der Waals surface area contributed by atoms with Crippen molar-refractivity contribution in [1.29, 1.82) is 0 Å². The molecule has 5 heterocycles. The molecule has 0 radical (unpaired) electrons. The molecule has 4 aliphatic rings. The van der Waals surface area contributed by atoms with Gasteiger partial charge in [-0.25, -0.2) is 9.78 Å². The lowest BCUT2D eigenvalue weighted by molar-refractivity contribution is -0.127. The number of unbranched alkanes of at least 4 members (excludes halogenated alkanes) is 1. The van der Waals surface area contributed by atoms with Crippen LogP contribution in [0.5, 0.6) is 23.1 Å². The van der Waals surface area contributed by atoms with Crippen molar-refractivity contribution >= 4 is 35.5 Å². The molecule has 4 saturated heterocycles. The Kier molecular flexibility index (Phi) is 14.2. The number of carbonyl (C=O) groups excluding carboxylic acids is 4. The number of nitrogens with zero attached hydrogens (tertiary/aromatic N) is 4. The van der Waals surface area contributed by atoms with Gasteiger partial charge in [0.25, 0.3) is 5.91 Å². The molecule has 4 aliphatic heterocycles. The van der Waals surface area contributed by atoms with Gasteiger partial charge in [0.1, 0.15) is 22.8 Å². The number of pyridine rings is 1. The van der Waals surface area contributed by atoms with Crippen molar-refractivity contribution in [3.63, 3.8) is 0 Å². The highest BCUT2D eigenvalue weighted by Crippen LogP contribution is 2.34. The summed E-state index contributed by atoms with van der Waals surface area (Å²) in [5, 5.41) is 9.52. The van der Waals surface area contributed by atoms with Gasteiger partial charge in [0.15, 0.2) is 0 Å². The number of piperazine rings is 1. The molecule has 3 unspecified atom stereocenters. The third-order valence-electron chi connectivity index (χ3n) is 11.3. The second-order valence-corrected chi connectivity index (χ2v) is 16.6. The van der Waals surface area contributed by atoms with Gasteiger partial charge >= 0.3 is 6.03 Å². The van der Waals surface area contributed by atoms with Crippen LogP contribution in [-0.2, 0) is 9.59 Å². The highest BCUT2D eigenvalue weighted by atomic mass is 32.2. The lowest BCUT2D eigenvalue weighted by Gasteiger charge is -2.34.